The van der Waals surface area contributed by atoms with Crippen LogP contribution in [0.4, 0.5) is 5.69 Å². The molecule has 0 fully saturated rings. The van der Waals surface area contributed by atoms with Gasteiger partial charge in [-0.25, -0.2) is 0 Å². The van der Waals surface area contributed by atoms with Crippen LogP contribution in [-0.2, 0) is 6.61 Å². The Balaban J connectivity index is 1.58. The second kappa shape index (κ2) is 10.4. The zero-order valence-electron chi connectivity index (χ0n) is 19.1. The number of rotatable bonds is 8. The Labute approximate surface area is 203 Å². The molecule has 7 heteroatoms. The van der Waals surface area contributed by atoms with E-state index in [1.807, 2.05) is 42.5 Å². The van der Waals surface area contributed by atoms with E-state index in [9.17, 15) is 4.79 Å². The van der Waals surface area contributed by atoms with Gasteiger partial charge in [-0.3, -0.25) is 4.79 Å². The number of halogens is 1. The number of benzene rings is 4. The predicted molar refractivity (Wildman–Crippen MR) is 134 cm³/mol. The molecule has 0 aliphatic rings. The molecule has 4 rings (SSSR count). The summed E-state index contributed by atoms with van der Waals surface area (Å²) in [5, 5.41) is 5.35. The Bertz CT molecular complexity index is 1330. The first kappa shape index (κ1) is 23.3. The van der Waals surface area contributed by atoms with Gasteiger partial charge >= 0.3 is 0 Å². The van der Waals surface area contributed by atoms with Crippen molar-refractivity contribution in [3.05, 3.63) is 88.9 Å². The lowest BCUT2D eigenvalue weighted by atomic mass is 10.1. The largest absolute Gasteiger partial charge is 0.496 e. The van der Waals surface area contributed by atoms with Gasteiger partial charge in [-0.2, -0.15) is 0 Å². The Morgan fingerprint density at radius 2 is 1.53 bits per heavy atom. The summed E-state index contributed by atoms with van der Waals surface area (Å²) in [7, 11) is 4.59. The molecule has 0 bridgehead atoms. The number of fused-ring (bicyclic) bond motifs is 1. The minimum atomic E-state index is -0.322. The van der Waals surface area contributed by atoms with Crippen LogP contribution >= 0.6 is 11.6 Å². The van der Waals surface area contributed by atoms with Crippen molar-refractivity contribution in [1.29, 1.82) is 0 Å². The summed E-state index contributed by atoms with van der Waals surface area (Å²) in [5.74, 6) is 1.91. The van der Waals surface area contributed by atoms with Crippen LogP contribution in [0, 0.1) is 0 Å². The molecule has 0 aliphatic carbocycles. The zero-order valence-corrected chi connectivity index (χ0v) is 19.8. The van der Waals surface area contributed by atoms with Gasteiger partial charge in [-0.05, 0) is 29.7 Å². The number of carbonyl (C=O) groups excluding carboxylic acids is 1. The van der Waals surface area contributed by atoms with E-state index in [4.69, 9.17) is 30.5 Å². The molecule has 0 saturated heterocycles. The molecular formula is C27H24ClNO5. The van der Waals surface area contributed by atoms with Crippen LogP contribution in [0.25, 0.3) is 10.8 Å². The van der Waals surface area contributed by atoms with E-state index in [0.29, 0.717) is 33.5 Å². The summed E-state index contributed by atoms with van der Waals surface area (Å²) >= 11 is 6.16. The lowest BCUT2D eigenvalue weighted by Crippen LogP contribution is -2.14. The monoisotopic (exact) mass is 477 g/mol. The molecule has 0 spiro atoms. The molecule has 0 atom stereocenters. The number of hydrogen-bond acceptors (Lipinski definition) is 5. The first-order chi connectivity index (χ1) is 16.5. The number of methoxy groups -OCH3 is 3. The van der Waals surface area contributed by atoms with Gasteiger partial charge in [0.05, 0.1) is 32.0 Å². The van der Waals surface area contributed by atoms with Gasteiger partial charge in [0.25, 0.3) is 5.91 Å². The van der Waals surface area contributed by atoms with E-state index < -0.39 is 0 Å². The van der Waals surface area contributed by atoms with E-state index in [-0.39, 0.29) is 12.5 Å². The molecule has 34 heavy (non-hydrogen) atoms. The van der Waals surface area contributed by atoms with Gasteiger partial charge in [0.2, 0.25) is 0 Å². The van der Waals surface area contributed by atoms with Crippen molar-refractivity contribution >= 4 is 34.0 Å². The highest BCUT2D eigenvalue weighted by Crippen LogP contribution is 2.36. The molecule has 6 nitrogen and oxygen atoms in total. The van der Waals surface area contributed by atoms with Crippen molar-refractivity contribution in [3.8, 4) is 23.0 Å². The number of hydrogen-bond donors (Lipinski definition) is 1. The average molecular weight is 478 g/mol. The fourth-order valence-electron chi connectivity index (χ4n) is 3.66. The number of carbonyl (C=O) groups is 1. The highest BCUT2D eigenvalue weighted by molar-refractivity contribution is 6.32. The van der Waals surface area contributed by atoms with E-state index >= 15 is 0 Å². The fraction of sp³-hybridized carbons (Fsp3) is 0.148. The summed E-state index contributed by atoms with van der Waals surface area (Å²) in [6, 6.07) is 22.3. The summed E-state index contributed by atoms with van der Waals surface area (Å²) in [4.78, 5) is 13.0. The van der Waals surface area contributed by atoms with Crippen LogP contribution in [0.5, 0.6) is 23.0 Å². The topological polar surface area (TPSA) is 66.0 Å². The van der Waals surface area contributed by atoms with Gasteiger partial charge in [0, 0.05) is 28.6 Å². The van der Waals surface area contributed by atoms with Crippen LogP contribution in [0.15, 0.2) is 72.8 Å². The number of anilines is 1. The van der Waals surface area contributed by atoms with E-state index in [2.05, 4.69) is 5.32 Å². The van der Waals surface area contributed by atoms with Crippen LogP contribution in [0.2, 0.25) is 5.02 Å². The SMILES string of the molecule is COc1cc(NC(=O)c2ccc(OC)c(COc3cccc4ccccc34)c2)c(OC)cc1Cl. The van der Waals surface area contributed by atoms with Gasteiger partial charge in [-0.15, -0.1) is 0 Å². The first-order valence-corrected chi connectivity index (χ1v) is 10.9. The maximum atomic E-state index is 13.0. The second-order valence-corrected chi connectivity index (χ2v) is 7.84. The summed E-state index contributed by atoms with van der Waals surface area (Å²) in [6.07, 6.45) is 0. The predicted octanol–water partition coefficient (Wildman–Crippen LogP) is 6.35. The van der Waals surface area contributed by atoms with Gasteiger partial charge < -0.3 is 24.3 Å². The molecule has 0 aromatic heterocycles. The van der Waals surface area contributed by atoms with Crippen LogP contribution in [0.3, 0.4) is 0 Å². The maximum absolute atomic E-state index is 13.0. The minimum Gasteiger partial charge on any atom is -0.496 e. The lowest BCUT2D eigenvalue weighted by molar-refractivity contribution is 0.102. The Morgan fingerprint density at radius 3 is 2.29 bits per heavy atom. The highest BCUT2D eigenvalue weighted by Gasteiger charge is 2.16. The van der Waals surface area contributed by atoms with Crippen LogP contribution < -0.4 is 24.3 Å². The Morgan fingerprint density at radius 1 is 0.794 bits per heavy atom. The summed E-state index contributed by atoms with van der Waals surface area (Å²) < 4.78 is 22.2. The molecule has 0 heterocycles. The van der Waals surface area contributed by atoms with E-state index in [0.717, 1.165) is 22.1 Å². The van der Waals surface area contributed by atoms with Crippen LogP contribution in [-0.4, -0.2) is 27.2 Å². The lowest BCUT2D eigenvalue weighted by Gasteiger charge is -2.15. The Kier molecular flexibility index (Phi) is 7.09. The summed E-state index contributed by atoms with van der Waals surface area (Å²) in [6.45, 7) is 0.233. The van der Waals surface area contributed by atoms with E-state index in [1.54, 1.807) is 37.4 Å². The van der Waals surface area contributed by atoms with E-state index in [1.165, 1.54) is 14.2 Å². The molecular weight excluding hydrogens is 454 g/mol. The standard InChI is InChI=1S/C27H24ClNO5/c1-31-23-12-11-18(27(30)29-22-15-25(32-2)21(28)14-26(22)33-3)13-19(23)16-34-24-10-6-8-17-7-4-5-9-20(17)24/h4-15H,16H2,1-3H3,(H,29,30). The molecule has 0 saturated carbocycles. The third-order valence-electron chi connectivity index (χ3n) is 5.40. The molecule has 1 amide bonds. The van der Waals surface area contributed by atoms with Crippen molar-refractivity contribution < 1.29 is 23.7 Å². The zero-order chi connectivity index (χ0) is 24.1. The molecule has 1 N–H and O–H groups in total. The molecule has 4 aromatic rings. The minimum absolute atomic E-state index is 0.233. The van der Waals surface area contributed by atoms with Gasteiger partial charge in [0.15, 0.2) is 0 Å². The van der Waals surface area contributed by atoms with Gasteiger partial charge in [-0.1, -0.05) is 48.0 Å². The van der Waals surface area contributed by atoms with Crippen molar-refractivity contribution in [1.82, 2.24) is 0 Å². The number of amides is 1. The molecule has 4 aromatic carbocycles. The third-order valence-corrected chi connectivity index (χ3v) is 5.69. The van der Waals surface area contributed by atoms with Crippen molar-refractivity contribution in [2.24, 2.45) is 0 Å². The summed E-state index contributed by atoms with van der Waals surface area (Å²) in [5.41, 5.74) is 1.62. The van der Waals surface area contributed by atoms with Crippen molar-refractivity contribution in [2.45, 2.75) is 6.61 Å². The molecule has 0 aliphatic heterocycles. The van der Waals surface area contributed by atoms with Crippen molar-refractivity contribution in [3.63, 3.8) is 0 Å². The number of nitrogens with one attached hydrogen (secondary N) is 1. The fourth-order valence-corrected chi connectivity index (χ4v) is 3.89. The molecule has 0 radical (unpaired) electrons. The maximum Gasteiger partial charge on any atom is 0.255 e. The second-order valence-electron chi connectivity index (χ2n) is 7.43. The number of ether oxygens (including phenoxy) is 4. The van der Waals surface area contributed by atoms with Crippen LogP contribution in [0.1, 0.15) is 15.9 Å². The molecule has 0 unspecified atom stereocenters. The first-order valence-electron chi connectivity index (χ1n) is 10.5. The normalized spacial score (nSPS) is 10.6. The molecule has 174 valence electrons. The highest BCUT2D eigenvalue weighted by atomic mass is 35.5. The smallest absolute Gasteiger partial charge is 0.255 e. The quantitative estimate of drug-likeness (QED) is 0.320. The average Bonchev–Trinajstić information content (AvgIpc) is 2.87. The van der Waals surface area contributed by atoms with Gasteiger partial charge in [0.1, 0.15) is 29.6 Å². The Hall–Kier alpha value is -3.90. The van der Waals surface area contributed by atoms with Crippen molar-refractivity contribution in [2.75, 3.05) is 26.6 Å². The third kappa shape index (κ3) is 4.87.